The molecule has 0 radical (unpaired) electrons. The van der Waals surface area contributed by atoms with Crippen LogP contribution in [0, 0.1) is 0 Å². The van der Waals surface area contributed by atoms with Crippen molar-refractivity contribution < 1.29 is 9.53 Å². The molecule has 0 aromatic carbocycles. The summed E-state index contributed by atoms with van der Waals surface area (Å²) < 4.78 is 5.19. The van der Waals surface area contributed by atoms with Gasteiger partial charge < -0.3 is 4.74 Å². The van der Waals surface area contributed by atoms with E-state index in [1.165, 1.54) is 199 Å². The lowest BCUT2D eigenvalue weighted by Gasteiger charge is -2.03. The van der Waals surface area contributed by atoms with Crippen molar-refractivity contribution in [2.24, 2.45) is 0 Å². The molecule has 0 aliphatic rings. The molecule has 0 saturated heterocycles. The van der Waals surface area contributed by atoms with Crippen molar-refractivity contribution in [3.63, 3.8) is 0 Å². The van der Waals surface area contributed by atoms with Gasteiger partial charge in [-0.15, -0.1) is 0 Å². The molecule has 0 aliphatic carbocycles. The summed E-state index contributed by atoms with van der Waals surface area (Å²) in [5, 5.41) is 0. The van der Waals surface area contributed by atoms with E-state index >= 15 is 0 Å². The number of hydrogen-bond donors (Lipinski definition) is 0. The molecule has 0 aromatic heterocycles. The van der Waals surface area contributed by atoms with Gasteiger partial charge in [0.15, 0.2) is 0 Å². The van der Waals surface area contributed by atoms with Gasteiger partial charge in [-0.25, -0.2) is 4.79 Å². The molecular formula is C40H76O2. The van der Waals surface area contributed by atoms with Crippen molar-refractivity contribution in [3.05, 3.63) is 24.5 Å². The molecule has 0 heterocycles. The number of esters is 1. The van der Waals surface area contributed by atoms with Gasteiger partial charge >= 0.3 is 5.97 Å². The zero-order chi connectivity index (χ0) is 30.4. The fourth-order valence-electron chi connectivity index (χ4n) is 5.85. The molecule has 248 valence electrons. The Hall–Kier alpha value is -1.05. The van der Waals surface area contributed by atoms with Crippen molar-refractivity contribution in [1.82, 2.24) is 0 Å². The molecule has 0 aromatic rings. The maximum atomic E-state index is 11.8. The van der Waals surface area contributed by atoms with Gasteiger partial charge in [-0.1, -0.05) is 206 Å². The van der Waals surface area contributed by atoms with E-state index in [2.05, 4.69) is 13.8 Å². The van der Waals surface area contributed by atoms with Crippen LogP contribution in [0.5, 0.6) is 0 Å². The molecule has 42 heavy (non-hydrogen) atoms. The Bertz CT molecular complexity index is 564. The van der Waals surface area contributed by atoms with Crippen LogP contribution in [-0.4, -0.2) is 5.97 Å². The second kappa shape index (κ2) is 38.0. The second-order valence-corrected chi connectivity index (χ2v) is 13.0. The van der Waals surface area contributed by atoms with Crippen LogP contribution in [-0.2, 0) is 9.53 Å². The predicted molar refractivity (Wildman–Crippen MR) is 188 cm³/mol. The van der Waals surface area contributed by atoms with E-state index in [9.17, 15) is 4.79 Å². The Morgan fingerprint density at radius 2 is 0.643 bits per heavy atom. The molecule has 2 nitrogen and oxygen atoms in total. The Kier molecular flexibility index (Phi) is 37.0. The number of ether oxygens (including phenoxy) is 1. The summed E-state index contributed by atoms with van der Waals surface area (Å²) in [6, 6.07) is 0. The van der Waals surface area contributed by atoms with Gasteiger partial charge in [-0.3, -0.25) is 0 Å². The Balaban J connectivity index is 3.27. The molecule has 0 N–H and O–H groups in total. The Labute approximate surface area is 265 Å². The highest BCUT2D eigenvalue weighted by molar-refractivity contribution is 5.82. The summed E-state index contributed by atoms with van der Waals surface area (Å²) in [6.45, 7) is 4.58. The van der Waals surface area contributed by atoms with Crippen LogP contribution in [0.15, 0.2) is 24.5 Å². The molecule has 0 atom stereocenters. The van der Waals surface area contributed by atoms with E-state index in [1.54, 1.807) is 12.3 Å². The number of unbranched alkanes of at least 4 members (excludes halogenated alkanes) is 31. The van der Waals surface area contributed by atoms with Crippen LogP contribution in [0.25, 0.3) is 0 Å². The van der Waals surface area contributed by atoms with Gasteiger partial charge in [0.25, 0.3) is 0 Å². The van der Waals surface area contributed by atoms with Crippen molar-refractivity contribution in [3.8, 4) is 0 Å². The van der Waals surface area contributed by atoms with Crippen LogP contribution >= 0.6 is 0 Å². The van der Waals surface area contributed by atoms with Crippen LogP contribution in [0.3, 0.4) is 0 Å². The van der Waals surface area contributed by atoms with Gasteiger partial charge in [-0.05, 0) is 31.8 Å². The first-order valence-corrected chi connectivity index (χ1v) is 19.3. The Morgan fingerprint density at radius 1 is 0.381 bits per heavy atom. The number of hydrogen-bond acceptors (Lipinski definition) is 2. The van der Waals surface area contributed by atoms with Crippen LogP contribution in [0.2, 0.25) is 0 Å². The van der Waals surface area contributed by atoms with E-state index < -0.39 is 0 Å². The summed E-state index contributed by atoms with van der Waals surface area (Å²) >= 11 is 0. The third kappa shape index (κ3) is 37.0. The molecule has 0 aliphatic heterocycles. The first-order valence-electron chi connectivity index (χ1n) is 19.3. The lowest BCUT2D eigenvalue weighted by molar-refractivity contribution is -0.132. The molecule has 0 saturated carbocycles. The third-order valence-electron chi connectivity index (χ3n) is 8.73. The summed E-state index contributed by atoms with van der Waals surface area (Å²) in [5.74, 6) is -0.237. The van der Waals surface area contributed by atoms with Gasteiger partial charge in [0.2, 0.25) is 0 Å². The normalized spacial score (nSPS) is 11.8. The predicted octanol–water partition coefficient (Wildman–Crippen LogP) is 14.5. The minimum Gasteiger partial charge on any atom is -0.432 e. The summed E-state index contributed by atoms with van der Waals surface area (Å²) in [5.41, 5.74) is 0. The smallest absolute Gasteiger partial charge is 0.335 e. The first-order chi connectivity index (χ1) is 20.8. The van der Waals surface area contributed by atoms with Crippen molar-refractivity contribution in [2.45, 2.75) is 226 Å². The van der Waals surface area contributed by atoms with Gasteiger partial charge in [-0.2, -0.15) is 0 Å². The zero-order valence-electron chi connectivity index (χ0n) is 29.0. The second-order valence-electron chi connectivity index (χ2n) is 13.0. The average Bonchev–Trinajstić information content (AvgIpc) is 3.00. The molecular weight excluding hydrogens is 512 g/mol. The standard InChI is InChI=1S/C40H76O2/c1-3-5-7-9-11-13-15-17-19-21-23-25-27-29-31-33-35-37-39-42-40(41)38-36-34-32-30-28-26-24-22-20-18-16-14-12-10-8-6-4-2/h36-39H,3-35H2,1-2H3/b38-36+,39-37+. The monoisotopic (exact) mass is 589 g/mol. The lowest BCUT2D eigenvalue weighted by Crippen LogP contribution is -1.93. The van der Waals surface area contributed by atoms with Gasteiger partial charge in [0, 0.05) is 6.08 Å². The summed E-state index contributed by atoms with van der Waals surface area (Å²) in [4.78, 5) is 11.8. The fraction of sp³-hybridized carbons (Fsp3) is 0.875. The molecule has 0 spiro atoms. The fourth-order valence-corrected chi connectivity index (χ4v) is 5.85. The topological polar surface area (TPSA) is 26.3 Å². The third-order valence-corrected chi connectivity index (χ3v) is 8.73. The van der Waals surface area contributed by atoms with Crippen LogP contribution in [0.1, 0.15) is 226 Å². The highest BCUT2D eigenvalue weighted by atomic mass is 16.5. The number of allylic oxidation sites excluding steroid dienone is 2. The van der Waals surface area contributed by atoms with E-state index in [-0.39, 0.29) is 5.97 Å². The van der Waals surface area contributed by atoms with Gasteiger partial charge in [0.05, 0.1) is 6.26 Å². The van der Waals surface area contributed by atoms with E-state index in [1.807, 2.05) is 12.2 Å². The first kappa shape index (κ1) is 41.0. The summed E-state index contributed by atoms with van der Waals surface area (Å²) in [6.07, 6.45) is 52.3. The van der Waals surface area contributed by atoms with Crippen LogP contribution < -0.4 is 0 Å². The highest BCUT2D eigenvalue weighted by Gasteiger charge is 1.97. The van der Waals surface area contributed by atoms with E-state index in [4.69, 9.17) is 4.74 Å². The van der Waals surface area contributed by atoms with Crippen molar-refractivity contribution >= 4 is 5.97 Å². The van der Waals surface area contributed by atoms with Gasteiger partial charge in [0.1, 0.15) is 0 Å². The molecule has 0 unspecified atom stereocenters. The van der Waals surface area contributed by atoms with E-state index in [0.717, 1.165) is 12.8 Å². The number of carbonyl (C=O) groups is 1. The lowest BCUT2D eigenvalue weighted by atomic mass is 10.0. The minimum atomic E-state index is -0.237. The highest BCUT2D eigenvalue weighted by Crippen LogP contribution is 2.15. The molecule has 0 rings (SSSR count). The molecule has 0 fully saturated rings. The molecule has 2 heteroatoms. The quantitative estimate of drug-likeness (QED) is 0.0318. The Morgan fingerprint density at radius 3 is 0.952 bits per heavy atom. The average molecular weight is 589 g/mol. The number of carbonyl (C=O) groups excluding carboxylic acids is 1. The maximum Gasteiger partial charge on any atom is 0.335 e. The molecule has 0 amide bonds. The summed E-state index contributed by atoms with van der Waals surface area (Å²) in [7, 11) is 0. The SMILES string of the molecule is CCCCCCCCCCCCCCCCC/C=C/C(=O)O/C=C/CCCCCCCCCCCCCCCCCC. The van der Waals surface area contributed by atoms with E-state index in [0.29, 0.717) is 0 Å². The van der Waals surface area contributed by atoms with Crippen molar-refractivity contribution in [2.75, 3.05) is 0 Å². The zero-order valence-corrected chi connectivity index (χ0v) is 29.0. The maximum absolute atomic E-state index is 11.8. The van der Waals surface area contributed by atoms with Crippen LogP contribution in [0.4, 0.5) is 0 Å². The minimum absolute atomic E-state index is 0.237. The largest absolute Gasteiger partial charge is 0.432 e. The van der Waals surface area contributed by atoms with Crippen molar-refractivity contribution in [1.29, 1.82) is 0 Å². The number of rotatable bonds is 35. The molecule has 0 bridgehead atoms.